The van der Waals surface area contributed by atoms with Gasteiger partial charge < -0.3 is 15.7 Å². The normalized spacial score (nSPS) is 11.1. The summed E-state index contributed by atoms with van der Waals surface area (Å²) >= 11 is 0. The Bertz CT molecular complexity index is 1090. The van der Waals surface area contributed by atoms with Gasteiger partial charge in [-0.05, 0) is 61.1 Å². The summed E-state index contributed by atoms with van der Waals surface area (Å²) in [6.07, 6.45) is -2.93. The van der Waals surface area contributed by atoms with Crippen molar-refractivity contribution in [2.24, 2.45) is 0 Å². The topological polar surface area (TPSA) is 92.3 Å². The summed E-state index contributed by atoms with van der Waals surface area (Å²) in [5.74, 6) is -1.47. The molecule has 2 aromatic carbocycles. The molecule has 0 spiro atoms. The van der Waals surface area contributed by atoms with Crippen LogP contribution in [0, 0.1) is 13.8 Å². The smallest absolute Gasteiger partial charge is 0.475 e. The number of rotatable bonds is 6. The molecule has 6 nitrogen and oxygen atoms in total. The highest BCUT2D eigenvalue weighted by Gasteiger charge is 2.38. The first kappa shape index (κ1) is 25.9. The number of benzene rings is 2. The van der Waals surface area contributed by atoms with Crippen molar-refractivity contribution in [3.63, 3.8) is 0 Å². The highest BCUT2D eigenvalue weighted by Crippen LogP contribution is 2.32. The maximum Gasteiger partial charge on any atom is 0.490 e. The van der Waals surface area contributed by atoms with E-state index in [-0.39, 0.29) is 0 Å². The van der Waals surface area contributed by atoms with E-state index < -0.39 is 12.1 Å². The predicted molar refractivity (Wildman–Crippen MR) is 125 cm³/mol. The molecule has 1 heterocycles. The Morgan fingerprint density at radius 3 is 2.06 bits per heavy atom. The van der Waals surface area contributed by atoms with Crippen LogP contribution in [0.2, 0.25) is 0 Å². The molecular formula is C24H29F3N4O2. The summed E-state index contributed by atoms with van der Waals surface area (Å²) in [7, 11) is 0. The van der Waals surface area contributed by atoms with Gasteiger partial charge in [-0.25, -0.2) is 9.78 Å². The Balaban J connectivity index is 0.000000479. The average molecular weight is 463 g/mol. The Morgan fingerprint density at radius 2 is 1.58 bits per heavy atom. The monoisotopic (exact) mass is 462 g/mol. The minimum atomic E-state index is -5.08. The lowest BCUT2D eigenvalue weighted by atomic mass is 9.95. The van der Waals surface area contributed by atoms with Crippen LogP contribution in [0.5, 0.6) is 0 Å². The highest BCUT2D eigenvalue weighted by atomic mass is 19.4. The lowest BCUT2D eigenvalue weighted by Crippen LogP contribution is -2.26. The van der Waals surface area contributed by atoms with E-state index in [1.807, 2.05) is 0 Å². The molecule has 0 bridgehead atoms. The van der Waals surface area contributed by atoms with Gasteiger partial charge in [0.15, 0.2) is 0 Å². The van der Waals surface area contributed by atoms with Crippen LogP contribution in [0.1, 0.15) is 37.8 Å². The zero-order valence-electron chi connectivity index (χ0n) is 19.2. The van der Waals surface area contributed by atoms with Gasteiger partial charge in [0.05, 0.1) is 5.52 Å². The molecule has 3 N–H and O–H groups in total. The number of hydrogen-bond donors (Lipinski definition) is 2. The number of carboxylic acid groups (broad SMARTS) is 1. The second-order valence-corrected chi connectivity index (χ2v) is 7.69. The Hall–Kier alpha value is -3.36. The number of nitrogens with zero attached hydrogens (tertiary/aromatic N) is 3. The lowest BCUT2D eigenvalue weighted by Gasteiger charge is -2.24. The van der Waals surface area contributed by atoms with Crippen molar-refractivity contribution < 1.29 is 23.1 Å². The number of fused-ring (bicyclic) bond motifs is 1. The summed E-state index contributed by atoms with van der Waals surface area (Å²) in [4.78, 5) is 20.3. The Labute approximate surface area is 191 Å². The lowest BCUT2D eigenvalue weighted by molar-refractivity contribution is -0.192. The molecule has 0 saturated carbocycles. The van der Waals surface area contributed by atoms with Crippen molar-refractivity contribution in [2.45, 2.75) is 46.7 Å². The fourth-order valence-corrected chi connectivity index (χ4v) is 3.66. The second kappa shape index (κ2) is 11.0. The minimum Gasteiger partial charge on any atom is -0.475 e. The zero-order chi connectivity index (χ0) is 24.8. The fourth-order valence-electron chi connectivity index (χ4n) is 3.66. The summed E-state index contributed by atoms with van der Waals surface area (Å²) in [5, 5.41) is 8.19. The van der Waals surface area contributed by atoms with Crippen LogP contribution in [0.3, 0.4) is 0 Å². The van der Waals surface area contributed by atoms with Crippen LogP contribution >= 0.6 is 0 Å². The van der Waals surface area contributed by atoms with Crippen LogP contribution in [0.15, 0.2) is 36.4 Å². The van der Waals surface area contributed by atoms with Gasteiger partial charge in [0.25, 0.3) is 0 Å². The molecule has 178 valence electrons. The van der Waals surface area contributed by atoms with Gasteiger partial charge in [-0.1, -0.05) is 38.1 Å². The zero-order valence-corrected chi connectivity index (χ0v) is 19.2. The molecule has 0 saturated heterocycles. The van der Waals surface area contributed by atoms with Gasteiger partial charge in [0.2, 0.25) is 5.95 Å². The van der Waals surface area contributed by atoms with Crippen LogP contribution in [0.4, 0.5) is 24.9 Å². The molecule has 33 heavy (non-hydrogen) atoms. The molecule has 9 heteroatoms. The fraction of sp³-hybridized carbons (Fsp3) is 0.375. The molecule has 0 amide bonds. The number of aromatic nitrogens is 2. The third-order valence-electron chi connectivity index (χ3n) is 4.99. The predicted octanol–water partition coefficient (Wildman–Crippen LogP) is 5.76. The van der Waals surface area contributed by atoms with E-state index in [2.05, 4.69) is 79.0 Å². The van der Waals surface area contributed by atoms with Crippen molar-refractivity contribution in [2.75, 3.05) is 23.7 Å². The molecule has 0 aliphatic heterocycles. The number of carboxylic acids is 1. The van der Waals surface area contributed by atoms with Gasteiger partial charge in [-0.15, -0.1) is 0 Å². The van der Waals surface area contributed by atoms with Crippen molar-refractivity contribution in [3.8, 4) is 11.1 Å². The summed E-state index contributed by atoms with van der Waals surface area (Å²) < 4.78 is 31.7. The van der Waals surface area contributed by atoms with E-state index in [1.54, 1.807) is 0 Å². The first-order chi connectivity index (χ1) is 15.5. The number of hydrogen-bond acceptors (Lipinski definition) is 5. The number of nitrogens with two attached hydrogens (primary N) is 1. The molecule has 1 aromatic heterocycles. The van der Waals surface area contributed by atoms with Gasteiger partial charge >= 0.3 is 12.1 Å². The number of alkyl halides is 3. The quantitative estimate of drug-likeness (QED) is 0.484. The summed E-state index contributed by atoms with van der Waals surface area (Å²) in [6, 6.07) is 12.9. The van der Waals surface area contributed by atoms with E-state index in [1.165, 1.54) is 22.3 Å². The minimum absolute atomic E-state index is 0.336. The van der Waals surface area contributed by atoms with Crippen LogP contribution < -0.4 is 10.6 Å². The number of halogens is 3. The van der Waals surface area contributed by atoms with E-state index in [4.69, 9.17) is 15.6 Å². The van der Waals surface area contributed by atoms with Crippen LogP contribution in [0.25, 0.3) is 22.0 Å². The summed E-state index contributed by atoms with van der Waals surface area (Å²) in [6.45, 7) is 10.6. The number of aliphatic carboxylic acids is 1. The van der Waals surface area contributed by atoms with Gasteiger partial charge in [-0.2, -0.15) is 18.2 Å². The first-order valence-corrected chi connectivity index (χ1v) is 10.7. The maximum atomic E-state index is 10.6. The summed E-state index contributed by atoms with van der Waals surface area (Å²) in [5.41, 5.74) is 11.9. The van der Waals surface area contributed by atoms with E-state index in [0.717, 1.165) is 42.7 Å². The van der Waals surface area contributed by atoms with Crippen molar-refractivity contribution in [3.05, 3.63) is 47.5 Å². The largest absolute Gasteiger partial charge is 0.490 e. The third-order valence-corrected chi connectivity index (χ3v) is 4.99. The van der Waals surface area contributed by atoms with Gasteiger partial charge in [0, 0.05) is 18.5 Å². The molecule has 0 radical (unpaired) electrons. The standard InChI is InChI=1S/C22H28N4.C2HF3O2/c1-5-12-26(13-6-2)21-18-11-10-17(14-19(18)24-22(23)25-21)20-15(3)8-7-9-16(20)4;3-2(4,5)1(6)7/h7-11,14H,5-6,12-13H2,1-4H3,(H2,23,24,25);(H,6,7). The number of aryl methyl sites for hydroxylation is 2. The third kappa shape index (κ3) is 6.57. The van der Waals surface area contributed by atoms with Crippen LogP contribution in [-0.2, 0) is 4.79 Å². The van der Waals surface area contributed by atoms with E-state index in [9.17, 15) is 13.2 Å². The van der Waals surface area contributed by atoms with Crippen LogP contribution in [-0.4, -0.2) is 40.3 Å². The molecule has 0 aliphatic carbocycles. The Morgan fingerprint density at radius 1 is 1.03 bits per heavy atom. The van der Waals surface area contributed by atoms with Gasteiger partial charge in [0.1, 0.15) is 5.82 Å². The maximum absolute atomic E-state index is 10.6. The highest BCUT2D eigenvalue weighted by molar-refractivity contribution is 5.94. The molecule has 0 unspecified atom stereocenters. The molecule has 3 aromatic rings. The van der Waals surface area contributed by atoms with Gasteiger partial charge in [-0.3, -0.25) is 0 Å². The second-order valence-electron chi connectivity index (χ2n) is 7.69. The molecular weight excluding hydrogens is 433 g/mol. The van der Waals surface area contributed by atoms with Crippen molar-refractivity contribution >= 4 is 28.6 Å². The van der Waals surface area contributed by atoms with Crippen molar-refractivity contribution in [1.29, 1.82) is 0 Å². The van der Waals surface area contributed by atoms with E-state index >= 15 is 0 Å². The van der Waals surface area contributed by atoms with Crippen molar-refractivity contribution in [1.82, 2.24) is 9.97 Å². The average Bonchev–Trinajstić information content (AvgIpc) is 2.72. The van der Waals surface area contributed by atoms with E-state index in [0.29, 0.717) is 5.95 Å². The first-order valence-electron chi connectivity index (χ1n) is 10.7. The Kier molecular flexibility index (Phi) is 8.62. The molecule has 0 aliphatic rings. The molecule has 3 rings (SSSR count). The molecule has 0 fully saturated rings. The molecule has 0 atom stereocenters. The SMILES string of the molecule is CCCN(CCC)c1nc(N)nc2cc(-c3c(C)cccc3C)ccc12.O=C(O)C(F)(F)F. The number of anilines is 2. The number of carbonyl (C=O) groups is 1. The number of nitrogen functional groups attached to an aromatic ring is 1.